The van der Waals surface area contributed by atoms with Gasteiger partial charge in [-0.05, 0) is 12.1 Å². The van der Waals surface area contributed by atoms with Crippen LogP contribution in [0.2, 0.25) is 0 Å². The summed E-state index contributed by atoms with van der Waals surface area (Å²) in [7, 11) is -9.01. The molecule has 0 aromatic heterocycles. The Balaban J connectivity index is 2.88. The van der Waals surface area contributed by atoms with Gasteiger partial charge in [-0.3, -0.25) is 9.11 Å². The molecule has 0 heterocycles. The maximum Gasteiger partial charge on any atom is 0.285 e. The van der Waals surface area contributed by atoms with Crippen LogP contribution in [0.25, 0.3) is 0 Å². The van der Waals surface area contributed by atoms with Crippen LogP contribution in [0.15, 0.2) is 40.7 Å². The molecule has 1 rings (SSSR count). The highest BCUT2D eigenvalue weighted by Crippen LogP contribution is 2.11. The minimum atomic E-state index is -4.50. The van der Waals surface area contributed by atoms with Crippen LogP contribution in [-0.2, 0) is 20.2 Å². The molecule has 1 aromatic carbocycles. The predicted octanol–water partition coefficient (Wildman–Crippen LogP) is 0.678. The van der Waals surface area contributed by atoms with Crippen molar-refractivity contribution in [1.82, 2.24) is 5.01 Å². The maximum absolute atomic E-state index is 10.7. The van der Waals surface area contributed by atoms with Crippen molar-refractivity contribution in [2.45, 2.75) is 0 Å². The summed E-state index contributed by atoms with van der Waals surface area (Å²) in [6.45, 7) is 0. The fourth-order valence-corrected chi connectivity index (χ4v) is 2.23. The van der Waals surface area contributed by atoms with Crippen LogP contribution >= 0.6 is 0 Å². The minimum Gasteiger partial charge on any atom is -0.284 e. The second kappa shape index (κ2) is 6.06. The third-order valence-corrected chi connectivity index (χ3v) is 2.92. The molecule has 2 N–H and O–H groups in total. The quantitative estimate of drug-likeness (QED) is 0.447. The number of benzene rings is 1. The summed E-state index contributed by atoms with van der Waals surface area (Å²) in [4.78, 5) is 0. The third-order valence-electron chi connectivity index (χ3n) is 1.67. The van der Waals surface area contributed by atoms with Gasteiger partial charge in [0.05, 0.1) is 5.69 Å². The van der Waals surface area contributed by atoms with Crippen LogP contribution < -0.4 is 0 Å². The smallest absolute Gasteiger partial charge is 0.284 e. The highest BCUT2D eigenvalue weighted by atomic mass is 32.2. The van der Waals surface area contributed by atoms with Gasteiger partial charge in [-0.2, -0.15) is 16.8 Å². The fraction of sp³-hybridized carbons (Fsp3) is 0.250. The molecule has 106 valence electrons. The molecule has 11 heteroatoms. The number of hydrogen-bond donors (Lipinski definition) is 2. The standard InChI is InChI=1S/C8H11N3O6S2/c12-18(13,14)6-11(7-19(15,16)17)10-9-8-4-2-1-3-5-8/h1-5H,6-7H2,(H,12,13,14)(H,15,16,17)/b10-9+. The summed E-state index contributed by atoms with van der Waals surface area (Å²) in [5.74, 6) is -2.22. The second-order valence-electron chi connectivity index (χ2n) is 3.45. The van der Waals surface area contributed by atoms with Gasteiger partial charge < -0.3 is 0 Å². The van der Waals surface area contributed by atoms with E-state index in [2.05, 4.69) is 10.3 Å². The molecule has 1 aromatic rings. The van der Waals surface area contributed by atoms with Gasteiger partial charge in [0.2, 0.25) is 0 Å². The monoisotopic (exact) mass is 309 g/mol. The predicted molar refractivity (Wildman–Crippen MR) is 65.6 cm³/mol. The molecule has 0 unspecified atom stereocenters. The van der Waals surface area contributed by atoms with Crippen LogP contribution in [0.4, 0.5) is 5.69 Å². The summed E-state index contributed by atoms with van der Waals surface area (Å²) in [6.07, 6.45) is 0. The van der Waals surface area contributed by atoms with E-state index in [4.69, 9.17) is 9.11 Å². The van der Waals surface area contributed by atoms with Crippen LogP contribution in [0.1, 0.15) is 0 Å². The first-order valence-electron chi connectivity index (χ1n) is 4.78. The summed E-state index contributed by atoms with van der Waals surface area (Å²) in [6, 6.07) is 8.09. The van der Waals surface area contributed by atoms with Crippen molar-refractivity contribution >= 4 is 25.9 Å². The van der Waals surface area contributed by atoms with Crippen LogP contribution in [0, 0.1) is 0 Å². The molecule has 9 nitrogen and oxygen atoms in total. The molecular weight excluding hydrogens is 298 g/mol. The van der Waals surface area contributed by atoms with Gasteiger partial charge in [0, 0.05) is 0 Å². The molecular formula is C8H11N3O6S2. The van der Waals surface area contributed by atoms with Crippen molar-refractivity contribution in [3.63, 3.8) is 0 Å². The SMILES string of the molecule is O=S(=O)(O)CN(CS(=O)(=O)O)/N=N/c1ccccc1. The lowest BCUT2D eigenvalue weighted by molar-refractivity contribution is 0.328. The summed E-state index contributed by atoms with van der Waals surface area (Å²) < 4.78 is 60.0. The van der Waals surface area contributed by atoms with Gasteiger partial charge >= 0.3 is 0 Å². The van der Waals surface area contributed by atoms with E-state index in [1.807, 2.05) is 0 Å². The molecule has 0 amide bonds. The van der Waals surface area contributed by atoms with E-state index >= 15 is 0 Å². The molecule has 0 aliphatic carbocycles. The van der Waals surface area contributed by atoms with Gasteiger partial charge in [-0.15, -0.1) is 5.11 Å². The average Bonchev–Trinajstić information content (AvgIpc) is 2.23. The summed E-state index contributed by atoms with van der Waals surface area (Å²) >= 11 is 0. The molecule has 0 aliphatic rings. The zero-order chi connectivity index (χ0) is 14.5. The topological polar surface area (TPSA) is 137 Å². The molecule has 0 saturated heterocycles. The van der Waals surface area contributed by atoms with Crippen molar-refractivity contribution in [3.05, 3.63) is 30.3 Å². The van der Waals surface area contributed by atoms with Crippen molar-refractivity contribution in [2.24, 2.45) is 10.3 Å². The van der Waals surface area contributed by atoms with Crippen LogP contribution in [0.5, 0.6) is 0 Å². The average molecular weight is 309 g/mol. The molecule has 0 spiro atoms. The van der Waals surface area contributed by atoms with E-state index in [1.54, 1.807) is 30.3 Å². The summed E-state index contributed by atoms with van der Waals surface area (Å²) in [5.41, 5.74) is 0.346. The first-order chi connectivity index (χ1) is 8.66. The van der Waals surface area contributed by atoms with Gasteiger partial charge in [-0.25, -0.2) is 5.01 Å². The molecule has 0 bridgehead atoms. The van der Waals surface area contributed by atoms with Crippen LogP contribution in [-0.4, -0.2) is 42.7 Å². The Hall–Kier alpha value is -1.56. The van der Waals surface area contributed by atoms with Gasteiger partial charge in [0.1, 0.15) is 0 Å². The number of rotatable bonds is 6. The lowest BCUT2D eigenvalue weighted by Gasteiger charge is -2.13. The lowest BCUT2D eigenvalue weighted by Crippen LogP contribution is -2.29. The van der Waals surface area contributed by atoms with Gasteiger partial charge in [-0.1, -0.05) is 23.4 Å². The zero-order valence-corrected chi connectivity index (χ0v) is 11.1. The van der Waals surface area contributed by atoms with E-state index in [0.717, 1.165) is 0 Å². The Morgan fingerprint density at radius 3 is 1.84 bits per heavy atom. The highest BCUT2D eigenvalue weighted by Gasteiger charge is 2.18. The van der Waals surface area contributed by atoms with E-state index in [1.165, 1.54) is 0 Å². The lowest BCUT2D eigenvalue weighted by atomic mass is 10.3. The minimum absolute atomic E-state index is 0.346. The fourth-order valence-electron chi connectivity index (χ4n) is 1.08. The van der Waals surface area contributed by atoms with E-state index < -0.39 is 32.0 Å². The Kier molecular flexibility index (Phi) is 4.94. The number of nitrogens with zero attached hydrogens (tertiary/aromatic N) is 3. The third kappa shape index (κ3) is 7.46. The van der Waals surface area contributed by atoms with Gasteiger partial charge in [0.15, 0.2) is 11.8 Å². The zero-order valence-electron chi connectivity index (χ0n) is 9.49. The highest BCUT2D eigenvalue weighted by molar-refractivity contribution is 7.86. The van der Waals surface area contributed by atoms with E-state index in [9.17, 15) is 16.8 Å². The first-order valence-corrected chi connectivity index (χ1v) is 7.99. The van der Waals surface area contributed by atoms with Crippen molar-refractivity contribution in [1.29, 1.82) is 0 Å². The summed E-state index contributed by atoms with van der Waals surface area (Å²) in [5, 5.41) is 7.32. The van der Waals surface area contributed by atoms with Crippen molar-refractivity contribution in [3.8, 4) is 0 Å². The Morgan fingerprint density at radius 2 is 1.42 bits per heavy atom. The molecule has 0 atom stereocenters. The van der Waals surface area contributed by atoms with Crippen LogP contribution in [0.3, 0.4) is 0 Å². The maximum atomic E-state index is 10.7. The molecule has 0 saturated carbocycles. The Morgan fingerprint density at radius 1 is 0.947 bits per heavy atom. The normalized spacial score (nSPS) is 12.7. The van der Waals surface area contributed by atoms with Crippen molar-refractivity contribution in [2.75, 3.05) is 11.8 Å². The first kappa shape index (κ1) is 15.5. The van der Waals surface area contributed by atoms with Crippen molar-refractivity contribution < 1.29 is 25.9 Å². The van der Waals surface area contributed by atoms with Gasteiger partial charge in [0.25, 0.3) is 20.2 Å². The van der Waals surface area contributed by atoms with E-state index in [0.29, 0.717) is 10.7 Å². The Labute approximate surface area is 110 Å². The molecule has 0 aliphatic heterocycles. The number of hydrogen-bond acceptors (Lipinski definition) is 6. The largest absolute Gasteiger partial charge is 0.285 e. The molecule has 19 heavy (non-hydrogen) atoms. The Bertz CT molecular complexity index is 606. The second-order valence-corrected chi connectivity index (χ2v) is 6.30. The van der Waals surface area contributed by atoms with E-state index in [-0.39, 0.29) is 0 Å². The molecule has 0 radical (unpaired) electrons. The molecule has 0 fully saturated rings.